The van der Waals surface area contributed by atoms with Gasteiger partial charge in [-0.3, -0.25) is 4.90 Å². The summed E-state index contributed by atoms with van der Waals surface area (Å²) in [6, 6.07) is 6.47. The first kappa shape index (κ1) is 14.9. The lowest BCUT2D eigenvalue weighted by Crippen LogP contribution is -2.24. The summed E-state index contributed by atoms with van der Waals surface area (Å²) < 4.78 is 18.8. The fourth-order valence-corrected chi connectivity index (χ4v) is 2.55. The summed E-state index contributed by atoms with van der Waals surface area (Å²) in [5.41, 5.74) is 1.08. The average molecular weight is 294 g/mol. The van der Waals surface area contributed by atoms with Crippen molar-refractivity contribution in [2.24, 2.45) is 0 Å². The average Bonchev–Trinajstić information content (AvgIpc) is 2.88. The number of hydrogen-bond donors (Lipinski definition) is 0. The molecule has 108 valence electrons. The third-order valence-corrected chi connectivity index (χ3v) is 3.94. The maximum Gasteiger partial charge on any atom is 0.165 e. The number of benzene rings is 1. The van der Waals surface area contributed by atoms with E-state index in [0.29, 0.717) is 12.4 Å². The van der Waals surface area contributed by atoms with E-state index in [4.69, 9.17) is 4.74 Å². The number of ether oxygens (including phenoxy) is 1. The van der Waals surface area contributed by atoms with Crippen LogP contribution >= 0.6 is 11.3 Å². The molecule has 0 aliphatic heterocycles. The normalized spacial score (nSPS) is 11.0. The van der Waals surface area contributed by atoms with Gasteiger partial charge in [0.2, 0.25) is 0 Å². The van der Waals surface area contributed by atoms with Gasteiger partial charge in [0.05, 0.1) is 10.7 Å². The van der Waals surface area contributed by atoms with E-state index in [1.807, 2.05) is 7.05 Å². The van der Waals surface area contributed by atoms with Crippen LogP contribution in [-0.4, -0.2) is 30.1 Å². The van der Waals surface area contributed by atoms with Gasteiger partial charge in [-0.2, -0.15) is 0 Å². The lowest BCUT2D eigenvalue weighted by Gasteiger charge is -2.15. The maximum atomic E-state index is 13.4. The van der Waals surface area contributed by atoms with Crippen molar-refractivity contribution >= 4 is 11.3 Å². The minimum Gasteiger partial charge on any atom is -0.489 e. The van der Waals surface area contributed by atoms with Gasteiger partial charge in [-0.1, -0.05) is 19.1 Å². The number of para-hydroxylation sites is 1. The van der Waals surface area contributed by atoms with E-state index < -0.39 is 0 Å². The number of likely N-dealkylation sites (N-methyl/N-ethyl adjacent to an activating group) is 1. The molecule has 2 aromatic rings. The van der Waals surface area contributed by atoms with Crippen LogP contribution in [0.15, 0.2) is 29.6 Å². The molecule has 3 nitrogen and oxygen atoms in total. The van der Waals surface area contributed by atoms with Gasteiger partial charge in [0.1, 0.15) is 6.61 Å². The summed E-state index contributed by atoms with van der Waals surface area (Å²) >= 11 is 1.70. The molecular weight excluding hydrogens is 275 g/mol. The summed E-state index contributed by atoms with van der Waals surface area (Å²) in [7, 11) is 2.01. The Hall–Kier alpha value is -1.46. The van der Waals surface area contributed by atoms with E-state index in [2.05, 4.69) is 22.2 Å². The Bertz CT molecular complexity index is 544. The first-order valence-corrected chi connectivity index (χ1v) is 7.56. The molecule has 1 aromatic heterocycles. The van der Waals surface area contributed by atoms with Crippen LogP contribution in [0.2, 0.25) is 0 Å². The topological polar surface area (TPSA) is 25.4 Å². The Morgan fingerprint density at radius 3 is 2.85 bits per heavy atom. The molecule has 0 bridgehead atoms. The summed E-state index contributed by atoms with van der Waals surface area (Å²) in [6.45, 7) is 4.08. The fraction of sp³-hybridized carbons (Fsp3) is 0.400. The van der Waals surface area contributed by atoms with E-state index in [1.54, 1.807) is 29.5 Å². The second kappa shape index (κ2) is 7.36. The molecule has 1 aromatic carbocycles. The molecule has 0 saturated heterocycles. The van der Waals surface area contributed by atoms with Gasteiger partial charge in [-0.25, -0.2) is 9.37 Å². The summed E-state index contributed by atoms with van der Waals surface area (Å²) in [6.07, 6.45) is 0.977. The second-order valence-corrected chi connectivity index (χ2v) is 5.55. The molecule has 0 fully saturated rings. The number of rotatable bonds is 7. The molecule has 2 rings (SSSR count). The van der Waals surface area contributed by atoms with Crippen LogP contribution < -0.4 is 4.74 Å². The van der Waals surface area contributed by atoms with Gasteiger partial charge >= 0.3 is 0 Å². The Morgan fingerprint density at radius 2 is 2.15 bits per heavy atom. The van der Waals surface area contributed by atoms with E-state index >= 15 is 0 Å². The van der Waals surface area contributed by atoms with Crippen LogP contribution in [0, 0.1) is 5.82 Å². The smallest absolute Gasteiger partial charge is 0.165 e. The second-order valence-electron chi connectivity index (χ2n) is 4.60. The van der Waals surface area contributed by atoms with Crippen molar-refractivity contribution in [1.29, 1.82) is 0 Å². The van der Waals surface area contributed by atoms with Gasteiger partial charge in [0, 0.05) is 18.5 Å². The zero-order valence-electron chi connectivity index (χ0n) is 11.8. The Kier molecular flexibility index (Phi) is 5.49. The van der Waals surface area contributed by atoms with Crippen molar-refractivity contribution < 1.29 is 9.13 Å². The van der Waals surface area contributed by atoms with Crippen molar-refractivity contribution in [3.05, 3.63) is 46.2 Å². The fourth-order valence-electron chi connectivity index (χ4n) is 1.81. The largest absolute Gasteiger partial charge is 0.489 e. The number of aromatic nitrogens is 1. The highest BCUT2D eigenvalue weighted by Crippen LogP contribution is 2.15. The van der Waals surface area contributed by atoms with E-state index in [1.165, 1.54) is 6.07 Å². The summed E-state index contributed by atoms with van der Waals surface area (Å²) in [5, 5.41) is 3.25. The molecule has 0 radical (unpaired) electrons. The van der Waals surface area contributed by atoms with Gasteiger partial charge in [-0.05, 0) is 25.6 Å². The third-order valence-electron chi connectivity index (χ3n) is 2.90. The first-order valence-electron chi connectivity index (χ1n) is 6.68. The van der Waals surface area contributed by atoms with Crippen molar-refractivity contribution in [3.63, 3.8) is 0 Å². The molecule has 0 amide bonds. The van der Waals surface area contributed by atoms with E-state index in [9.17, 15) is 4.39 Å². The standard InChI is InChI=1S/C15H19FN2OS/c1-3-15-17-12(11-20-15)10-18(2)8-9-19-14-7-5-4-6-13(14)16/h4-7,11H,3,8-10H2,1-2H3. The highest BCUT2D eigenvalue weighted by atomic mass is 32.1. The van der Waals surface area contributed by atoms with Crippen LogP contribution in [0.1, 0.15) is 17.6 Å². The molecule has 0 saturated carbocycles. The van der Waals surface area contributed by atoms with Crippen LogP contribution in [0.25, 0.3) is 0 Å². The number of nitrogens with zero attached hydrogens (tertiary/aromatic N) is 2. The molecule has 0 N–H and O–H groups in total. The van der Waals surface area contributed by atoms with Crippen molar-refractivity contribution in [2.75, 3.05) is 20.2 Å². The minimum absolute atomic E-state index is 0.308. The lowest BCUT2D eigenvalue weighted by molar-refractivity contribution is 0.225. The molecule has 1 heterocycles. The van der Waals surface area contributed by atoms with E-state index in [0.717, 1.165) is 30.2 Å². The minimum atomic E-state index is -0.317. The number of thiazole rings is 1. The number of hydrogen-bond acceptors (Lipinski definition) is 4. The van der Waals surface area contributed by atoms with Crippen molar-refractivity contribution in [2.45, 2.75) is 19.9 Å². The van der Waals surface area contributed by atoms with Crippen LogP contribution in [0.3, 0.4) is 0 Å². The zero-order valence-corrected chi connectivity index (χ0v) is 12.6. The van der Waals surface area contributed by atoms with Gasteiger partial charge in [0.25, 0.3) is 0 Å². The Morgan fingerprint density at radius 1 is 1.35 bits per heavy atom. The summed E-state index contributed by atoms with van der Waals surface area (Å²) in [5.74, 6) is -0.00919. The van der Waals surface area contributed by atoms with Gasteiger partial charge in [0.15, 0.2) is 11.6 Å². The van der Waals surface area contributed by atoms with Gasteiger partial charge < -0.3 is 4.74 Å². The van der Waals surface area contributed by atoms with Crippen LogP contribution in [0.4, 0.5) is 4.39 Å². The Labute approximate surface area is 123 Å². The Balaban J connectivity index is 1.75. The van der Waals surface area contributed by atoms with Crippen molar-refractivity contribution in [3.8, 4) is 5.75 Å². The zero-order chi connectivity index (χ0) is 14.4. The molecule has 0 spiro atoms. The van der Waals surface area contributed by atoms with Crippen molar-refractivity contribution in [1.82, 2.24) is 9.88 Å². The van der Waals surface area contributed by atoms with Crippen LogP contribution in [0.5, 0.6) is 5.75 Å². The number of aryl methyl sites for hydroxylation is 1. The van der Waals surface area contributed by atoms with Gasteiger partial charge in [-0.15, -0.1) is 11.3 Å². The first-order chi connectivity index (χ1) is 9.69. The molecule has 0 unspecified atom stereocenters. The molecule has 5 heteroatoms. The number of halogens is 1. The SMILES string of the molecule is CCc1nc(CN(C)CCOc2ccccc2F)cs1. The lowest BCUT2D eigenvalue weighted by atomic mass is 10.3. The molecule has 0 atom stereocenters. The maximum absolute atomic E-state index is 13.4. The molecule has 20 heavy (non-hydrogen) atoms. The predicted octanol–water partition coefficient (Wildman–Crippen LogP) is 3.36. The monoisotopic (exact) mass is 294 g/mol. The highest BCUT2D eigenvalue weighted by molar-refractivity contribution is 7.09. The third kappa shape index (κ3) is 4.28. The quantitative estimate of drug-likeness (QED) is 0.783. The predicted molar refractivity (Wildman–Crippen MR) is 79.7 cm³/mol. The molecule has 0 aliphatic rings. The molecule has 0 aliphatic carbocycles. The highest BCUT2D eigenvalue weighted by Gasteiger charge is 2.06. The summed E-state index contributed by atoms with van der Waals surface area (Å²) in [4.78, 5) is 6.65. The molecular formula is C15H19FN2OS. The van der Waals surface area contributed by atoms with E-state index in [-0.39, 0.29) is 5.82 Å². The van der Waals surface area contributed by atoms with Crippen LogP contribution in [-0.2, 0) is 13.0 Å².